The Hall–Kier alpha value is -1.86. The van der Waals surface area contributed by atoms with Gasteiger partial charge in [0.15, 0.2) is 0 Å². The van der Waals surface area contributed by atoms with Crippen molar-refractivity contribution in [1.82, 2.24) is 8.61 Å². The van der Waals surface area contributed by atoms with Gasteiger partial charge in [-0.05, 0) is 48.2 Å². The van der Waals surface area contributed by atoms with E-state index in [4.69, 9.17) is 4.74 Å². The molecule has 32 heavy (non-hydrogen) atoms. The van der Waals surface area contributed by atoms with E-state index in [-0.39, 0.29) is 49.2 Å². The van der Waals surface area contributed by atoms with Crippen molar-refractivity contribution in [2.75, 3.05) is 26.2 Å². The summed E-state index contributed by atoms with van der Waals surface area (Å²) in [7, 11) is -7.81. The van der Waals surface area contributed by atoms with Crippen LogP contribution in [0.1, 0.15) is 24.0 Å². The summed E-state index contributed by atoms with van der Waals surface area (Å²) in [4.78, 5) is 0.151. The van der Waals surface area contributed by atoms with Crippen molar-refractivity contribution in [2.45, 2.75) is 41.6 Å². The highest BCUT2D eigenvalue weighted by Gasteiger charge is 2.52. The first kappa shape index (κ1) is 23.3. The lowest BCUT2D eigenvalue weighted by atomic mass is 10.0. The molecule has 1 spiro atoms. The van der Waals surface area contributed by atoms with E-state index in [0.717, 1.165) is 0 Å². The molecule has 0 bridgehead atoms. The molecule has 4 rings (SSSR count). The molecule has 2 aromatic carbocycles. The topological polar surface area (TPSA) is 124 Å². The molecule has 2 aliphatic rings. The van der Waals surface area contributed by atoms with Crippen LogP contribution in [0.4, 0.5) is 0 Å². The highest BCUT2D eigenvalue weighted by Crippen LogP contribution is 2.38. The lowest BCUT2D eigenvalue weighted by Crippen LogP contribution is -2.59. The van der Waals surface area contributed by atoms with Crippen LogP contribution in [0.3, 0.4) is 0 Å². The van der Waals surface area contributed by atoms with Crippen LogP contribution >= 0.6 is 0 Å². The van der Waals surface area contributed by atoms with Gasteiger partial charge in [-0.3, -0.25) is 0 Å². The zero-order chi connectivity index (χ0) is 23.0. The van der Waals surface area contributed by atoms with Gasteiger partial charge < -0.3 is 14.9 Å². The first-order valence-electron chi connectivity index (χ1n) is 10.3. The number of rotatable bonds is 6. The van der Waals surface area contributed by atoms with Crippen molar-refractivity contribution in [1.29, 1.82) is 0 Å². The van der Waals surface area contributed by atoms with E-state index < -0.39 is 25.8 Å². The third-order valence-electron chi connectivity index (χ3n) is 5.96. The van der Waals surface area contributed by atoms with Crippen LogP contribution < -0.4 is 0 Å². The van der Waals surface area contributed by atoms with Gasteiger partial charge in [-0.25, -0.2) is 16.8 Å². The number of hydrogen-bond donors (Lipinski definition) is 2. The number of nitrogens with zero attached hydrogens (tertiary/aromatic N) is 2. The Morgan fingerprint density at radius 2 is 1.34 bits per heavy atom. The largest absolute Gasteiger partial charge is 0.392 e. The smallest absolute Gasteiger partial charge is 0.245 e. The molecule has 2 aliphatic heterocycles. The second kappa shape index (κ2) is 8.82. The molecule has 0 radical (unpaired) electrons. The van der Waals surface area contributed by atoms with E-state index in [1.54, 1.807) is 24.3 Å². The molecule has 0 aliphatic carbocycles. The molecular formula is C21H26N2O7S2. The molecule has 0 saturated carbocycles. The summed E-state index contributed by atoms with van der Waals surface area (Å²) in [5, 5.41) is 18.4. The SMILES string of the molecule is O=S(=O)(c1ccc(CO)cc1)N1CCCC2(C1)OCCN2S(=O)(=O)c1ccc(CO)cc1. The lowest BCUT2D eigenvalue weighted by molar-refractivity contribution is -0.0818. The summed E-state index contributed by atoms with van der Waals surface area (Å²) in [6.45, 7) is 0.0752. The molecule has 9 nitrogen and oxygen atoms in total. The van der Waals surface area contributed by atoms with Crippen LogP contribution in [0.2, 0.25) is 0 Å². The van der Waals surface area contributed by atoms with E-state index in [0.29, 0.717) is 24.0 Å². The van der Waals surface area contributed by atoms with Gasteiger partial charge in [-0.2, -0.15) is 8.61 Å². The Bertz CT molecular complexity index is 1170. The van der Waals surface area contributed by atoms with Gasteiger partial charge >= 0.3 is 0 Å². The third kappa shape index (κ3) is 4.10. The van der Waals surface area contributed by atoms with Gasteiger partial charge in [0.05, 0.1) is 36.2 Å². The standard InChI is InChI=1S/C21H26N2O7S2/c24-14-17-2-6-19(7-3-17)31(26,27)22-11-1-10-21(16-22)23(12-13-30-21)32(28,29)20-8-4-18(15-25)5-9-20/h2-9,24-25H,1,10-16H2. The molecule has 2 saturated heterocycles. The summed E-state index contributed by atoms with van der Waals surface area (Å²) in [5.74, 6) is 0. The van der Waals surface area contributed by atoms with Crippen molar-refractivity contribution in [3.05, 3.63) is 59.7 Å². The Morgan fingerprint density at radius 1 is 0.812 bits per heavy atom. The fourth-order valence-electron chi connectivity index (χ4n) is 4.24. The van der Waals surface area contributed by atoms with Crippen LogP contribution in [0.5, 0.6) is 0 Å². The molecule has 1 unspecified atom stereocenters. The average molecular weight is 483 g/mol. The van der Waals surface area contributed by atoms with E-state index in [2.05, 4.69) is 0 Å². The fourth-order valence-corrected chi connectivity index (χ4v) is 7.44. The van der Waals surface area contributed by atoms with Crippen molar-refractivity contribution in [3.63, 3.8) is 0 Å². The minimum atomic E-state index is -3.94. The number of benzene rings is 2. The fraction of sp³-hybridized carbons (Fsp3) is 0.429. The van der Waals surface area contributed by atoms with Crippen molar-refractivity contribution in [2.24, 2.45) is 0 Å². The van der Waals surface area contributed by atoms with E-state index >= 15 is 0 Å². The van der Waals surface area contributed by atoms with E-state index in [1.165, 1.54) is 32.9 Å². The Kier molecular flexibility index (Phi) is 6.43. The van der Waals surface area contributed by atoms with Gasteiger partial charge in [0, 0.05) is 13.1 Å². The van der Waals surface area contributed by atoms with E-state index in [9.17, 15) is 27.0 Å². The Labute approximate surface area is 188 Å². The quantitative estimate of drug-likeness (QED) is 0.626. The maximum atomic E-state index is 13.4. The zero-order valence-electron chi connectivity index (χ0n) is 17.4. The molecule has 0 amide bonds. The summed E-state index contributed by atoms with van der Waals surface area (Å²) < 4.78 is 61.7. The van der Waals surface area contributed by atoms with Gasteiger partial charge in [-0.15, -0.1) is 0 Å². The molecule has 174 valence electrons. The van der Waals surface area contributed by atoms with Crippen LogP contribution in [-0.2, 0) is 38.0 Å². The van der Waals surface area contributed by atoms with Gasteiger partial charge in [0.25, 0.3) is 0 Å². The molecule has 2 N–H and O–H groups in total. The molecular weight excluding hydrogens is 456 g/mol. The second-order valence-electron chi connectivity index (χ2n) is 7.92. The number of hydrogen-bond acceptors (Lipinski definition) is 7. The average Bonchev–Trinajstić information content (AvgIpc) is 3.22. The second-order valence-corrected chi connectivity index (χ2v) is 11.7. The molecule has 2 fully saturated rings. The van der Waals surface area contributed by atoms with Gasteiger partial charge in [-0.1, -0.05) is 24.3 Å². The zero-order valence-corrected chi connectivity index (χ0v) is 19.1. The van der Waals surface area contributed by atoms with Crippen LogP contribution in [0, 0.1) is 0 Å². The summed E-state index contributed by atoms with van der Waals surface area (Å²) in [6, 6.07) is 11.9. The maximum Gasteiger partial charge on any atom is 0.245 e. The highest BCUT2D eigenvalue weighted by molar-refractivity contribution is 7.89. The van der Waals surface area contributed by atoms with E-state index in [1.807, 2.05) is 0 Å². The summed E-state index contributed by atoms with van der Waals surface area (Å²) >= 11 is 0. The van der Waals surface area contributed by atoms with Crippen LogP contribution in [0.25, 0.3) is 0 Å². The van der Waals surface area contributed by atoms with Crippen molar-refractivity contribution < 1.29 is 31.8 Å². The lowest BCUT2D eigenvalue weighted by Gasteiger charge is -2.43. The summed E-state index contributed by atoms with van der Waals surface area (Å²) in [6.07, 6.45) is 0.833. The predicted octanol–water partition coefficient (Wildman–Crippen LogP) is 0.873. The van der Waals surface area contributed by atoms with Crippen molar-refractivity contribution >= 4 is 20.0 Å². The van der Waals surface area contributed by atoms with Crippen LogP contribution in [-0.4, -0.2) is 67.6 Å². The minimum absolute atomic E-state index is 0.0687. The molecule has 11 heteroatoms. The highest BCUT2D eigenvalue weighted by atomic mass is 32.2. The predicted molar refractivity (Wildman–Crippen MR) is 115 cm³/mol. The monoisotopic (exact) mass is 482 g/mol. The van der Waals surface area contributed by atoms with Gasteiger partial charge in [0.1, 0.15) is 5.72 Å². The first-order valence-corrected chi connectivity index (χ1v) is 13.2. The normalized spacial score (nSPS) is 23.1. The molecule has 0 aromatic heterocycles. The third-order valence-corrected chi connectivity index (χ3v) is 9.78. The summed E-state index contributed by atoms with van der Waals surface area (Å²) in [5.41, 5.74) is -0.0775. The molecule has 2 aromatic rings. The molecule has 1 atom stereocenters. The first-order chi connectivity index (χ1) is 15.2. The molecule has 2 heterocycles. The number of piperidine rings is 1. The Morgan fingerprint density at radius 3 is 1.88 bits per heavy atom. The number of aliphatic hydroxyl groups excluding tert-OH is 2. The van der Waals surface area contributed by atoms with Gasteiger partial charge in [0.2, 0.25) is 20.0 Å². The number of aliphatic hydroxyl groups is 2. The number of ether oxygens (including phenoxy) is 1. The van der Waals surface area contributed by atoms with Crippen molar-refractivity contribution in [3.8, 4) is 0 Å². The number of sulfonamides is 2. The maximum absolute atomic E-state index is 13.4. The van der Waals surface area contributed by atoms with Crippen LogP contribution in [0.15, 0.2) is 58.3 Å². The minimum Gasteiger partial charge on any atom is -0.392 e. The Balaban J connectivity index is 1.63.